The molecule has 0 spiro atoms. The van der Waals surface area contributed by atoms with E-state index in [1.807, 2.05) is 18.2 Å². The summed E-state index contributed by atoms with van der Waals surface area (Å²) in [7, 11) is 0. The molecule has 1 aromatic heterocycles. The fourth-order valence-corrected chi connectivity index (χ4v) is 3.47. The quantitative estimate of drug-likeness (QED) is 0.834. The van der Waals surface area contributed by atoms with E-state index in [1.165, 1.54) is 16.7 Å². The van der Waals surface area contributed by atoms with Crippen LogP contribution in [0.1, 0.15) is 44.4 Å². The summed E-state index contributed by atoms with van der Waals surface area (Å²) in [6, 6.07) is 8.84. The Hall–Kier alpha value is -2.93. The van der Waals surface area contributed by atoms with E-state index < -0.39 is 11.6 Å². The summed E-state index contributed by atoms with van der Waals surface area (Å²) in [4.78, 5) is 29.7. The van der Waals surface area contributed by atoms with Gasteiger partial charge in [-0.05, 0) is 49.6 Å². The van der Waals surface area contributed by atoms with Crippen LogP contribution in [0.2, 0.25) is 0 Å². The van der Waals surface area contributed by atoms with Gasteiger partial charge in [0.1, 0.15) is 11.3 Å². The Morgan fingerprint density at radius 2 is 2.11 bits per heavy atom. The third-order valence-corrected chi connectivity index (χ3v) is 5.01. The second-order valence-electron chi connectivity index (χ2n) is 7.18. The lowest BCUT2D eigenvalue weighted by Gasteiger charge is -2.27. The fourth-order valence-electron chi connectivity index (χ4n) is 3.47. The number of urea groups is 1. The number of amides is 3. The van der Waals surface area contributed by atoms with E-state index in [0.29, 0.717) is 23.9 Å². The molecule has 1 fully saturated rings. The third kappa shape index (κ3) is 2.94. The SMILES string of the molecule is CCC1OCc2ccc(Oc3ccc(N4C(=O)NC(=O)C4(C)C)cn3)cc21. The molecule has 1 aromatic carbocycles. The van der Waals surface area contributed by atoms with E-state index in [1.54, 1.807) is 26.0 Å². The lowest BCUT2D eigenvalue weighted by molar-refractivity contribution is -0.122. The molecular formula is C20H21N3O4. The van der Waals surface area contributed by atoms with Crippen LogP contribution < -0.4 is 15.0 Å². The molecule has 27 heavy (non-hydrogen) atoms. The van der Waals surface area contributed by atoms with Gasteiger partial charge in [-0.3, -0.25) is 15.0 Å². The van der Waals surface area contributed by atoms with Gasteiger partial charge in [0.15, 0.2) is 0 Å². The molecule has 7 nitrogen and oxygen atoms in total. The average Bonchev–Trinajstić information content (AvgIpc) is 3.13. The van der Waals surface area contributed by atoms with E-state index in [2.05, 4.69) is 17.2 Å². The summed E-state index contributed by atoms with van der Waals surface area (Å²) in [5.41, 5.74) is 1.91. The van der Waals surface area contributed by atoms with Gasteiger partial charge in [0.2, 0.25) is 5.88 Å². The normalized spacial score (nSPS) is 20.6. The Morgan fingerprint density at radius 1 is 1.30 bits per heavy atom. The van der Waals surface area contributed by atoms with Crippen LogP contribution in [-0.2, 0) is 16.1 Å². The largest absolute Gasteiger partial charge is 0.439 e. The monoisotopic (exact) mass is 367 g/mol. The number of carbonyl (C=O) groups is 2. The van der Waals surface area contributed by atoms with Crippen molar-refractivity contribution >= 4 is 17.6 Å². The summed E-state index contributed by atoms with van der Waals surface area (Å²) in [5, 5.41) is 2.32. The van der Waals surface area contributed by atoms with Gasteiger partial charge in [-0.2, -0.15) is 0 Å². The van der Waals surface area contributed by atoms with E-state index in [0.717, 1.165) is 12.0 Å². The highest BCUT2D eigenvalue weighted by Crippen LogP contribution is 2.36. The van der Waals surface area contributed by atoms with Crippen molar-refractivity contribution in [2.45, 2.75) is 45.4 Å². The molecule has 2 aliphatic heterocycles. The Bertz CT molecular complexity index is 908. The van der Waals surface area contributed by atoms with Gasteiger partial charge in [0.25, 0.3) is 5.91 Å². The van der Waals surface area contributed by atoms with Crippen LogP contribution in [0.3, 0.4) is 0 Å². The predicted molar refractivity (Wildman–Crippen MR) is 98.7 cm³/mol. The molecule has 1 atom stereocenters. The predicted octanol–water partition coefficient (Wildman–Crippen LogP) is 3.69. The van der Waals surface area contributed by atoms with E-state index >= 15 is 0 Å². The first-order valence-corrected chi connectivity index (χ1v) is 8.94. The van der Waals surface area contributed by atoms with Gasteiger partial charge in [-0.15, -0.1) is 0 Å². The second kappa shape index (κ2) is 6.35. The minimum absolute atomic E-state index is 0.104. The number of pyridine rings is 1. The molecule has 1 N–H and O–H groups in total. The Kier molecular flexibility index (Phi) is 4.11. The van der Waals surface area contributed by atoms with Crippen molar-refractivity contribution in [1.82, 2.24) is 10.3 Å². The number of benzene rings is 1. The molecule has 0 saturated carbocycles. The maximum atomic E-state index is 12.1. The highest BCUT2D eigenvalue weighted by atomic mass is 16.5. The molecule has 0 radical (unpaired) electrons. The molecule has 7 heteroatoms. The number of imide groups is 1. The van der Waals surface area contributed by atoms with Gasteiger partial charge < -0.3 is 9.47 Å². The number of anilines is 1. The molecule has 1 unspecified atom stereocenters. The maximum Gasteiger partial charge on any atom is 0.329 e. The van der Waals surface area contributed by atoms with Crippen LogP contribution >= 0.6 is 0 Å². The van der Waals surface area contributed by atoms with Crippen LogP contribution in [0.25, 0.3) is 0 Å². The second-order valence-corrected chi connectivity index (χ2v) is 7.18. The number of fused-ring (bicyclic) bond motifs is 1. The summed E-state index contributed by atoms with van der Waals surface area (Å²) in [6.07, 6.45) is 2.54. The number of hydrogen-bond donors (Lipinski definition) is 1. The highest BCUT2D eigenvalue weighted by Gasteiger charge is 2.46. The van der Waals surface area contributed by atoms with E-state index in [9.17, 15) is 9.59 Å². The Labute approximate surface area is 157 Å². The van der Waals surface area contributed by atoms with Crippen molar-refractivity contribution in [2.24, 2.45) is 0 Å². The number of hydrogen-bond acceptors (Lipinski definition) is 5. The third-order valence-electron chi connectivity index (χ3n) is 5.01. The Balaban J connectivity index is 1.54. The first-order valence-electron chi connectivity index (χ1n) is 8.94. The lowest BCUT2D eigenvalue weighted by Crippen LogP contribution is -2.44. The van der Waals surface area contributed by atoms with Crippen molar-refractivity contribution in [3.63, 3.8) is 0 Å². The van der Waals surface area contributed by atoms with Crippen molar-refractivity contribution in [2.75, 3.05) is 4.90 Å². The zero-order valence-electron chi connectivity index (χ0n) is 15.5. The van der Waals surface area contributed by atoms with E-state index in [4.69, 9.17) is 9.47 Å². The average molecular weight is 367 g/mol. The number of nitrogens with one attached hydrogen (secondary N) is 1. The van der Waals surface area contributed by atoms with Crippen molar-refractivity contribution in [1.29, 1.82) is 0 Å². The van der Waals surface area contributed by atoms with Gasteiger partial charge in [0.05, 0.1) is 24.6 Å². The smallest absolute Gasteiger partial charge is 0.329 e. The number of carbonyl (C=O) groups excluding carboxylic acids is 2. The zero-order chi connectivity index (χ0) is 19.2. The fraction of sp³-hybridized carbons (Fsp3) is 0.350. The van der Waals surface area contributed by atoms with E-state index in [-0.39, 0.29) is 12.0 Å². The molecule has 0 aliphatic carbocycles. The Morgan fingerprint density at radius 3 is 2.74 bits per heavy atom. The first-order chi connectivity index (χ1) is 12.9. The van der Waals surface area contributed by atoms with Crippen molar-refractivity contribution in [3.05, 3.63) is 47.7 Å². The van der Waals surface area contributed by atoms with Crippen LogP contribution in [0, 0.1) is 0 Å². The maximum absolute atomic E-state index is 12.1. The number of aromatic nitrogens is 1. The topological polar surface area (TPSA) is 80.8 Å². The summed E-state index contributed by atoms with van der Waals surface area (Å²) in [5.74, 6) is 0.764. The van der Waals surface area contributed by atoms with Gasteiger partial charge in [-0.1, -0.05) is 13.0 Å². The summed E-state index contributed by atoms with van der Waals surface area (Å²) < 4.78 is 11.6. The van der Waals surface area contributed by atoms with Crippen LogP contribution in [0.5, 0.6) is 11.6 Å². The molecule has 2 aromatic rings. The zero-order valence-corrected chi connectivity index (χ0v) is 15.5. The van der Waals surface area contributed by atoms with Crippen molar-refractivity contribution < 1.29 is 19.1 Å². The highest BCUT2D eigenvalue weighted by molar-refractivity contribution is 6.16. The number of rotatable bonds is 4. The minimum Gasteiger partial charge on any atom is -0.439 e. The summed E-state index contributed by atoms with van der Waals surface area (Å²) >= 11 is 0. The molecule has 3 heterocycles. The number of nitrogens with zero attached hydrogens (tertiary/aromatic N) is 2. The van der Waals surface area contributed by atoms with Crippen LogP contribution in [0.4, 0.5) is 10.5 Å². The number of ether oxygens (including phenoxy) is 2. The van der Waals surface area contributed by atoms with Gasteiger partial charge in [-0.25, -0.2) is 9.78 Å². The van der Waals surface area contributed by atoms with Gasteiger partial charge in [0, 0.05) is 6.07 Å². The molecule has 3 amide bonds. The van der Waals surface area contributed by atoms with Crippen LogP contribution in [-0.4, -0.2) is 22.5 Å². The lowest BCUT2D eigenvalue weighted by atomic mass is 10.0. The first kappa shape index (κ1) is 17.5. The summed E-state index contributed by atoms with van der Waals surface area (Å²) in [6.45, 7) is 6.10. The molecule has 0 bridgehead atoms. The van der Waals surface area contributed by atoms with Gasteiger partial charge >= 0.3 is 6.03 Å². The standard InChI is InChI=1S/C20H21N3O4/c1-4-16-15-9-14(7-5-12(15)11-26-16)27-17-8-6-13(10-21-17)23-19(25)22-18(24)20(23,2)3/h5-10,16H,4,11H2,1-3H3,(H,22,24,25). The van der Waals surface area contributed by atoms with Crippen LogP contribution in [0.15, 0.2) is 36.5 Å². The molecule has 2 aliphatic rings. The molecular weight excluding hydrogens is 346 g/mol. The molecule has 140 valence electrons. The minimum atomic E-state index is -0.962. The van der Waals surface area contributed by atoms with Crippen molar-refractivity contribution in [3.8, 4) is 11.6 Å². The molecule has 1 saturated heterocycles. The molecule has 4 rings (SSSR count).